The molecule has 4 atom stereocenters. The van der Waals surface area contributed by atoms with E-state index in [1.54, 1.807) is 0 Å². The van der Waals surface area contributed by atoms with Crippen LogP contribution in [-0.4, -0.2) is 31.9 Å². The lowest BCUT2D eigenvalue weighted by molar-refractivity contribution is -0.123. The highest BCUT2D eigenvalue weighted by Crippen LogP contribution is 2.47. The molecule has 3 nitrogen and oxygen atoms in total. The van der Waals surface area contributed by atoms with Crippen molar-refractivity contribution in [2.75, 3.05) is 6.61 Å². The zero-order valence-electron chi connectivity index (χ0n) is 25.9. The van der Waals surface area contributed by atoms with Crippen LogP contribution in [0.25, 0.3) is 0 Å². The zero-order chi connectivity index (χ0) is 29.3. The lowest BCUT2D eigenvalue weighted by atomic mass is 9.88. The minimum Gasteiger partial charge on any atom is -0.407 e. The number of fused-ring (bicyclic) bond motifs is 1. The SMILES string of the molecule is CCCCC/C=C/[C@@H](O)[C@@H]1C(=O)C[C@H]2CC(CCCCCO[Si](c3ccccc3)(c3ccccc3)C(C)(C)C)=C[C@H]21. The van der Waals surface area contributed by atoms with Crippen LogP contribution in [0.1, 0.15) is 91.9 Å². The van der Waals surface area contributed by atoms with Gasteiger partial charge in [0.2, 0.25) is 0 Å². The molecule has 2 aliphatic rings. The van der Waals surface area contributed by atoms with E-state index in [0.717, 1.165) is 51.6 Å². The topological polar surface area (TPSA) is 46.5 Å². The molecule has 0 unspecified atom stereocenters. The lowest BCUT2D eigenvalue weighted by Crippen LogP contribution is -2.66. The van der Waals surface area contributed by atoms with Crippen molar-refractivity contribution < 1.29 is 14.3 Å². The highest BCUT2D eigenvalue weighted by atomic mass is 28.4. The number of aliphatic hydroxyl groups excluding tert-OH is 1. The van der Waals surface area contributed by atoms with Gasteiger partial charge in [-0.1, -0.05) is 131 Å². The maximum absolute atomic E-state index is 12.7. The Morgan fingerprint density at radius 1 is 0.927 bits per heavy atom. The fourth-order valence-electron chi connectivity index (χ4n) is 7.25. The fourth-order valence-corrected chi connectivity index (χ4v) is 11.9. The van der Waals surface area contributed by atoms with Gasteiger partial charge in [0.05, 0.1) is 12.0 Å². The number of Topliss-reactive ketones (excluding diaryl/α,β-unsaturated/α-hetero) is 1. The number of hydrogen-bond donors (Lipinski definition) is 1. The van der Waals surface area contributed by atoms with Gasteiger partial charge in [-0.2, -0.15) is 0 Å². The number of hydrogen-bond acceptors (Lipinski definition) is 3. The molecule has 4 rings (SSSR count). The van der Waals surface area contributed by atoms with Crippen molar-refractivity contribution in [3.63, 3.8) is 0 Å². The highest BCUT2D eigenvalue weighted by Gasteiger charge is 2.50. The third-order valence-electron chi connectivity index (χ3n) is 9.30. The smallest absolute Gasteiger partial charge is 0.261 e. The van der Waals surface area contributed by atoms with Crippen LogP contribution in [0.3, 0.4) is 0 Å². The van der Waals surface area contributed by atoms with Crippen molar-refractivity contribution in [3.05, 3.63) is 84.5 Å². The first-order chi connectivity index (χ1) is 19.8. The summed E-state index contributed by atoms with van der Waals surface area (Å²) in [7, 11) is -2.46. The largest absolute Gasteiger partial charge is 0.407 e. The van der Waals surface area contributed by atoms with E-state index in [2.05, 4.69) is 101 Å². The lowest BCUT2D eigenvalue weighted by Gasteiger charge is -2.43. The van der Waals surface area contributed by atoms with Gasteiger partial charge in [-0.3, -0.25) is 4.79 Å². The molecule has 0 aromatic heterocycles. The molecule has 0 heterocycles. The molecule has 2 aliphatic carbocycles. The van der Waals surface area contributed by atoms with Gasteiger partial charge >= 0.3 is 0 Å². The van der Waals surface area contributed by atoms with Gasteiger partial charge in [0.25, 0.3) is 8.32 Å². The molecule has 2 aromatic carbocycles. The predicted molar refractivity (Wildman–Crippen MR) is 174 cm³/mol. The molecule has 41 heavy (non-hydrogen) atoms. The number of benzene rings is 2. The molecule has 0 bridgehead atoms. The Morgan fingerprint density at radius 2 is 1.59 bits per heavy atom. The number of ketones is 1. The quantitative estimate of drug-likeness (QED) is 0.135. The Balaban J connectivity index is 1.31. The second kappa shape index (κ2) is 14.8. The van der Waals surface area contributed by atoms with Gasteiger partial charge in [-0.15, -0.1) is 0 Å². The molecular formula is C37H52O3Si. The average molecular weight is 573 g/mol. The number of unbranched alkanes of at least 4 members (excludes halogenated alkanes) is 5. The Morgan fingerprint density at radius 3 is 2.20 bits per heavy atom. The van der Waals surface area contributed by atoms with Gasteiger partial charge in [-0.25, -0.2) is 0 Å². The molecule has 0 saturated heterocycles. The third-order valence-corrected chi connectivity index (χ3v) is 14.3. The van der Waals surface area contributed by atoms with Crippen LogP contribution < -0.4 is 10.4 Å². The van der Waals surface area contributed by atoms with E-state index in [-0.39, 0.29) is 22.7 Å². The molecule has 0 aliphatic heterocycles. The van der Waals surface area contributed by atoms with Crippen molar-refractivity contribution in [1.82, 2.24) is 0 Å². The minimum atomic E-state index is -2.46. The first kappa shape index (κ1) is 31.7. The van der Waals surface area contributed by atoms with E-state index in [1.807, 2.05) is 6.08 Å². The summed E-state index contributed by atoms with van der Waals surface area (Å²) < 4.78 is 7.06. The second-order valence-corrected chi connectivity index (χ2v) is 17.6. The summed E-state index contributed by atoms with van der Waals surface area (Å²) in [5, 5.41) is 13.5. The van der Waals surface area contributed by atoms with Gasteiger partial charge < -0.3 is 9.53 Å². The van der Waals surface area contributed by atoms with Gasteiger partial charge in [-0.05, 0) is 65.8 Å². The summed E-state index contributed by atoms with van der Waals surface area (Å²) in [6, 6.07) is 21.8. The maximum Gasteiger partial charge on any atom is 0.261 e. The van der Waals surface area contributed by atoms with Crippen LogP contribution in [-0.2, 0) is 9.22 Å². The average Bonchev–Trinajstić information content (AvgIpc) is 3.48. The number of carbonyl (C=O) groups excluding carboxylic acids is 1. The van der Waals surface area contributed by atoms with Crippen LogP contribution in [0, 0.1) is 17.8 Å². The molecular weight excluding hydrogens is 520 g/mol. The maximum atomic E-state index is 12.7. The van der Waals surface area contributed by atoms with Crippen molar-refractivity contribution in [1.29, 1.82) is 0 Å². The van der Waals surface area contributed by atoms with E-state index in [0.29, 0.717) is 12.3 Å². The molecule has 1 fully saturated rings. The van der Waals surface area contributed by atoms with Crippen LogP contribution >= 0.6 is 0 Å². The molecule has 0 radical (unpaired) electrons. The monoisotopic (exact) mass is 572 g/mol. The van der Waals surface area contributed by atoms with E-state index >= 15 is 0 Å². The van der Waals surface area contributed by atoms with Crippen LogP contribution in [0.2, 0.25) is 5.04 Å². The van der Waals surface area contributed by atoms with Gasteiger partial charge in [0.1, 0.15) is 5.78 Å². The summed E-state index contributed by atoms with van der Waals surface area (Å²) in [5.74, 6) is 0.608. The molecule has 1 N–H and O–H groups in total. The fraction of sp³-hybridized carbons (Fsp3) is 0.541. The predicted octanol–water partition coefficient (Wildman–Crippen LogP) is 7.77. The number of rotatable bonds is 15. The van der Waals surface area contributed by atoms with E-state index in [1.165, 1.54) is 28.8 Å². The third kappa shape index (κ3) is 7.58. The number of carbonyl (C=O) groups is 1. The molecule has 1 saturated carbocycles. The van der Waals surface area contributed by atoms with Crippen LogP contribution in [0.5, 0.6) is 0 Å². The minimum absolute atomic E-state index is 0.00535. The summed E-state index contributed by atoms with van der Waals surface area (Å²) in [6.07, 6.45) is 16.3. The highest BCUT2D eigenvalue weighted by molar-refractivity contribution is 6.99. The standard InChI is InChI=1S/C37H52O3Si/c1-5-6-7-8-17-24-34(38)36-33-27-29(26-30(33)28-35(36)39)19-12-11-18-25-40-41(37(2,3)4,31-20-13-9-14-21-31)32-22-15-10-16-23-32/h9-10,13-17,20-24,27,30,33-34,36,38H,5-8,11-12,18-19,25-26,28H2,1-4H3/b24-17+/t30-,33-,34-,36-/m1/s1. The second-order valence-electron chi connectivity index (χ2n) is 13.3. The van der Waals surface area contributed by atoms with Crippen molar-refractivity contribution in [2.24, 2.45) is 17.8 Å². The van der Waals surface area contributed by atoms with E-state index in [9.17, 15) is 9.90 Å². The molecule has 2 aromatic rings. The van der Waals surface area contributed by atoms with Crippen LogP contribution in [0.15, 0.2) is 84.5 Å². The summed E-state index contributed by atoms with van der Waals surface area (Å²) in [6.45, 7) is 9.97. The Bertz CT molecular complexity index is 1110. The Hall–Kier alpha value is -2.27. The first-order valence-electron chi connectivity index (χ1n) is 16.1. The number of allylic oxidation sites excluding steroid dienone is 3. The summed E-state index contributed by atoms with van der Waals surface area (Å²) in [5.41, 5.74) is 1.49. The Kier molecular flexibility index (Phi) is 11.4. The normalized spacial score (nSPS) is 21.8. The zero-order valence-corrected chi connectivity index (χ0v) is 26.9. The molecule has 222 valence electrons. The van der Waals surface area contributed by atoms with E-state index < -0.39 is 14.4 Å². The first-order valence-corrected chi connectivity index (χ1v) is 18.0. The summed E-state index contributed by atoms with van der Waals surface area (Å²) >= 11 is 0. The van der Waals surface area contributed by atoms with E-state index in [4.69, 9.17) is 4.43 Å². The number of aliphatic hydroxyl groups is 1. The molecule has 4 heteroatoms. The Labute approximate surface area is 250 Å². The van der Waals surface area contributed by atoms with Gasteiger partial charge in [0, 0.05) is 13.0 Å². The van der Waals surface area contributed by atoms with Crippen molar-refractivity contribution in [3.8, 4) is 0 Å². The summed E-state index contributed by atoms with van der Waals surface area (Å²) in [4.78, 5) is 12.7. The van der Waals surface area contributed by atoms with Crippen molar-refractivity contribution in [2.45, 2.75) is 103 Å². The molecule has 0 amide bonds. The van der Waals surface area contributed by atoms with Crippen molar-refractivity contribution >= 4 is 24.5 Å². The van der Waals surface area contributed by atoms with Gasteiger partial charge in [0.15, 0.2) is 0 Å². The molecule has 0 spiro atoms. The van der Waals surface area contributed by atoms with Crippen LogP contribution in [0.4, 0.5) is 0 Å².